The van der Waals surface area contributed by atoms with Gasteiger partial charge in [0.05, 0.1) is 0 Å². The number of rotatable bonds is 4. The van der Waals surface area contributed by atoms with E-state index in [0.29, 0.717) is 24.3 Å². The van der Waals surface area contributed by atoms with Gasteiger partial charge in [0.2, 0.25) is 0 Å². The molecule has 0 unspecified atom stereocenters. The fourth-order valence-electron chi connectivity index (χ4n) is 3.62. The molecule has 0 spiro atoms. The third kappa shape index (κ3) is 5.37. The third-order valence-electron chi connectivity index (χ3n) is 4.96. The molecule has 2 amide bonds. The number of likely N-dealkylation sites (tertiary alicyclic amines) is 1. The van der Waals surface area contributed by atoms with Gasteiger partial charge < -0.3 is 15.0 Å². The summed E-state index contributed by atoms with van der Waals surface area (Å²) in [7, 11) is 1.75. The summed E-state index contributed by atoms with van der Waals surface area (Å²) in [4.78, 5) is 27.2. The first-order valence-electron chi connectivity index (χ1n) is 10.2. The lowest BCUT2D eigenvalue weighted by Gasteiger charge is -2.35. The van der Waals surface area contributed by atoms with Crippen LogP contribution >= 0.6 is 0 Å². The normalized spacial score (nSPS) is 17.0. The maximum absolute atomic E-state index is 13.4. The van der Waals surface area contributed by atoms with Crippen molar-refractivity contribution in [3.63, 3.8) is 0 Å². The molecule has 2 aromatic rings. The van der Waals surface area contributed by atoms with Crippen molar-refractivity contribution < 1.29 is 18.7 Å². The Morgan fingerprint density at radius 2 is 1.93 bits per heavy atom. The molecule has 1 aromatic carbocycles. The van der Waals surface area contributed by atoms with Crippen molar-refractivity contribution in [1.29, 1.82) is 0 Å². The molecule has 162 valence electrons. The number of nitrogens with one attached hydrogen (secondary N) is 1. The van der Waals surface area contributed by atoms with Crippen LogP contribution in [0, 0.1) is 5.82 Å². The van der Waals surface area contributed by atoms with E-state index in [9.17, 15) is 14.0 Å². The van der Waals surface area contributed by atoms with E-state index >= 15 is 0 Å². The molecule has 8 heteroatoms. The first-order chi connectivity index (χ1) is 14.1. The minimum Gasteiger partial charge on any atom is -0.444 e. The quantitative estimate of drug-likeness (QED) is 0.824. The fourth-order valence-corrected chi connectivity index (χ4v) is 3.62. The Morgan fingerprint density at radius 1 is 1.23 bits per heavy atom. The average Bonchev–Trinajstić information content (AvgIpc) is 3.07. The second-order valence-electron chi connectivity index (χ2n) is 8.60. The summed E-state index contributed by atoms with van der Waals surface area (Å²) in [6.45, 7) is 6.33. The van der Waals surface area contributed by atoms with E-state index in [1.165, 1.54) is 12.1 Å². The topological polar surface area (TPSA) is 76.5 Å². The van der Waals surface area contributed by atoms with E-state index in [1.54, 1.807) is 55.7 Å². The van der Waals surface area contributed by atoms with Gasteiger partial charge in [0.25, 0.3) is 5.91 Å². The summed E-state index contributed by atoms with van der Waals surface area (Å²) >= 11 is 0. The number of aromatic nitrogens is 2. The molecule has 0 saturated carbocycles. The smallest absolute Gasteiger partial charge is 0.407 e. The van der Waals surface area contributed by atoms with Crippen LogP contribution in [-0.2, 0) is 11.8 Å². The predicted octanol–water partition coefficient (Wildman–Crippen LogP) is 3.75. The number of nitrogens with zero attached hydrogens (tertiary/aromatic N) is 3. The van der Waals surface area contributed by atoms with Crippen LogP contribution < -0.4 is 5.32 Å². The molecule has 7 nitrogen and oxygen atoms in total. The highest BCUT2D eigenvalue weighted by Crippen LogP contribution is 2.27. The van der Waals surface area contributed by atoms with E-state index in [0.717, 1.165) is 24.8 Å². The van der Waals surface area contributed by atoms with Crippen LogP contribution in [0.2, 0.25) is 0 Å². The van der Waals surface area contributed by atoms with Crippen molar-refractivity contribution in [3.05, 3.63) is 42.0 Å². The van der Waals surface area contributed by atoms with Gasteiger partial charge in [0.15, 0.2) is 5.69 Å². The Kier molecular flexibility index (Phi) is 6.43. The Labute approximate surface area is 176 Å². The first-order valence-corrected chi connectivity index (χ1v) is 10.2. The molecule has 0 aliphatic carbocycles. The van der Waals surface area contributed by atoms with Gasteiger partial charge in [-0.1, -0.05) is 12.1 Å². The minimum absolute atomic E-state index is 0.137. The van der Waals surface area contributed by atoms with Crippen molar-refractivity contribution in [2.24, 2.45) is 7.05 Å². The van der Waals surface area contributed by atoms with Gasteiger partial charge in [0, 0.05) is 37.9 Å². The lowest BCUT2D eigenvalue weighted by molar-refractivity contribution is 0.0461. The molecular formula is C22H29FN4O3. The molecule has 1 atom stereocenters. The highest BCUT2D eigenvalue weighted by molar-refractivity contribution is 5.99. The monoisotopic (exact) mass is 416 g/mol. The lowest BCUT2D eigenvalue weighted by atomic mass is 10.00. The second-order valence-corrected chi connectivity index (χ2v) is 8.60. The molecule has 1 fully saturated rings. The molecule has 0 radical (unpaired) electrons. The highest BCUT2D eigenvalue weighted by atomic mass is 19.1. The Balaban J connectivity index is 1.77. The zero-order chi connectivity index (χ0) is 21.9. The number of benzene rings is 1. The Hall–Kier alpha value is -2.90. The minimum atomic E-state index is -0.579. The van der Waals surface area contributed by atoms with Crippen molar-refractivity contribution in [2.75, 3.05) is 13.1 Å². The van der Waals surface area contributed by atoms with Crippen LogP contribution in [0.4, 0.5) is 9.18 Å². The molecule has 1 aromatic heterocycles. The van der Waals surface area contributed by atoms with Crippen LogP contribution in [0.25, 0.3) is 11.1 Å². The van der Waals surface area contributed by atoms with Crippen molar-refractivity contribution in [3.8, 4) is 11.1 Å². The van der Waals surface area contributed by atoms with Gasteiger partial charge in [-0.2, -0.15) is 5.10 Å². The summed E-state index contributed by atoms with van der Waals surface area (Å²) in [5, 5.41) is 7.16. The number of aryl methyl sites for hydroxylation is 1. The van der Waals surface area contributed by atoms with Crippen LogP contribution in [0.1, 0.15) is 50.5 Å². The van der Waals surface area contributed by atoms with Gasteiger partial charge >= 0.3 is 6.09 Å². The molecule has 3 rings (SSSR count). The van der Waals surface area contributed by atoms with Crippen molar-refractivity contribution in [2.45, 2.75) is 51.7 Å². The summed E-state index contributed by atoms with van der Waals surface area (Å²) < 4.78 is 20.2. The molecule has 1 saturated heterocycles. The number of amides is 2. The maximum Gasteiger partial charge on any atom is 0.407 e. The van der Waals surface area contributed by atoms with E-state index in [2.05, 4.69) is 10.4 Å². The molecule has 1 aliphatic heterocycles. The molecule has 1 aliphatic rings. The predicted molar refractivity (Wildman–Crippen MR) is 112 cm³/mol. The Bertz CT molecular complexity index is 902. The van der Waals surface area contributed by atoms with Crippen LogP contribution in [0.15, 0.2) is 30.5 Å². The molecule has 30 heavy (non-hydrogen) atoms. The van der Waals surface area contributed by atoms with Crippen molar-refractivity contribution >= 4 is 12.0 Å². The van der Waals surface area contributed by atoms with E-state index < -0.39 is 11.7 Å². The molecule has 2 heterocycles. The zero-order valence-electron chi connectivity index (χ0n) is 17.9. The average molecular weight is 416 g/mol. The number of piperidine rings is 1. The molecule has 1 N–H and O–H groups in total. The number of hydrogen-bond donors (Lipinski definition) is 1. The van der Waals surface area contributed by atoms with E-state index in [4.69, 9.17) is 4.74 Å². The summed E-state index contributed by atoms with van der Waals surface area (Å²) in [6.07, 6.45) is 3.94. The molecule has 0 bridgehead atoms. The number of ether oxygens (including phenoxy) is 1. The van der Waals surface area contributed by atoms with Crippen LogP contribution in [-0.4, -0.2) is 51.4 Å². The highest BCUT2D eigenvalue weighted by Gasteiger charge is 2.31. The standard InChI is InChI=1S/C22H29FN4O3/c1-22(2,3)30-21(29)24-13-17-7-5-6-12-27(17)20(28)19-18(14-26(4)25-19)15-8-10-16(23)11-9-15/h8-11,14,17H,5-7,12-13H2,1-4H3,(H,24,29)/t17-/m0/s1. The fraction of sp³-hybridized carbons (Fsp3) is 0.500. The summed E-state index contributed by atoms with van der Waals surface area (Å²) in [6, 6.07) is 5.87. The largest absolute Gasteiger partial charge is 0.444 e. The number of hydrogen-bond acceptors (Lipinski definition) is 4. The zero-order valence-corrected chi connectivity index (χ0v) is 17.9. The third-order valence-corrected chi connectivity index (χ3v) is 4.96. The van der Waals surface area contributed by atoms with Crippen LogP contribution in [0.5, 0.6) is 0 Å². The van der Waals surface area contributed by atoms with E-state index in [-0.39, 0.29) is 17.8 Å². The van der Waals surface area contributed by atoms with Gasteiger partial charge in [-0.05, 0) is 57.7 Å². The summed E-state index contributed by atoms with van der Waals surface area (Å²) in [5.41, 5.74) is 1.14. The Morgan fingerprint density at radius 3 is 2.60 bits per heavy atom. The van der Waals surface area contributed by atoms with Crippen LogP contribution in [0.3, 0.4) is 0 Å². The molecular weight excluding hydrogens is 387 g/mol. The second kappa shape index (κ2) is 8.85. The van der Waals surface area contributed by atoms with Gasteiger partial charge in [0.1, 0.15) is 11.4 Å². The maximum atomic E-state index is 13.4. The lowest BCUT2D eigenvalue weighted by Crippen LogP contribution is -2.50. The number of halogens is 1. The SMILES string of the molecule is Cn1cc(-c2ccc(F)cc2)c(C(=O)N2CCCC[C@H]2CNC(=O)OC(C)(C)C)n1. The summed E-state index contributed by atoms with van der Waals surface area (Å²) in [5.74, 6) is -0.523. The first kappa shape index (κ1) is 21.8. The van der Waals surface area contributed by atoms with Gasteiger partial charge in [-0.25, -0.2) is 9.18 Å². The van der Waals surface area contributed by atoms with Gasteiger partial charge in [-0.3, -0.25) is 9.48 Å². The number of carbonyl (C=O) groups excluding carboxylic acids is 2. The van der Waals surface area contributed by atoms with E-state index in [1.807, 2.05) is 0 Å². The number of carbonyl (C=O) groups is 2. The van der Waals surface area contributed by atoms with Gasteiger partial charge in [-0.15, -0.1) is 0 Å². The van der Waals surface area contributed by atoms with Crippen molar-refractivity contribution in [1.82, 2.24) is 20.0 Å². The number of alkyl carbamates (subject to hydrolysis) is 1.